The van der Waals surface area contributed by atoms with Crippen LogP contribution in [0.4, 0.5) is 0 Å². The van der Waals surface area contributed by atoms with Crippen molar-refractivity contribution in [3.63, 3.8) is 0 Å². The first-order valence-corrected chi connectivity index (χ1v) is 11.1. The van der Waals surface area contributed by atoms with Gasteiger partial charge in [0.15, 0.2) is 17.5 Å². The Balaban J connectivity index is 1.67. The Morgan fingerprint density at radius 3 is 1.64 bits per heavy atom. The Morgan fingerprint density at radius 2 is 1.00 bits per heavy atom. The topological polar surface area (TPSA) is 38.7 Å². The monoisotopic (exact) mass is 423 g/mol. The summed E-state index contributed by atoms with van der Waals surface area (Å²) in [5, 5.41) is 4.77. The molecule has 0 aliphatic rings. The van der Waals surface area contributed by atoms with Crippen molar-refractivity contribution in [2.75, 3.05) is 0 Å². The molecule has 156 valence electrons. The van der Waals surface area contributed by atoms with Crippen molar-refractivity contribution in [3.05, 3.63) is 115 Å². The van der Waals surface area contributed by atoms with Gasteiger partial charge in [0.25, 0.3) is 0 Å². The number of fused-ring (bicyclic) bond motifs is 3. The maximum absolute atomic E-state index is 4.95. The zero-order chi connectivity index (χ0) is 22.2. The lowest BCUT2D eigenvalue weighted by Gasteiger charge is -2.12. The van der Waals surface area contributed by atoms with Gasteiger partial charge in [-0.05, 0) is 34.5 Å². The van der Waals surface area contributed by atoms with E-state index in [9.17, 15) is 0 Å². The molecule has 0 aliphatic carbocycles. The van der Waals surface area contributed by atoms with Crippen molar-refractivity contribution in [1.82, 2.24) is 15.0 Å². The van der Waals surface area contributed by atoms with Crippen molar-refractivity contribution in [2.45, 2.75) is 6.92 Å². The maximum atomic E-state index is 4.95. The van der Waals surface area contributed by atoms with E-state index in [1.54, 1.807) is 0 Å². The average molecular weight is 424 g/mol. The summed E-state index contributed by atoms with van der Waals surface area (Å²) in [5.74, 6) is 2.03. The molecular formula is C30H21N3. The lowest BCUT2D eigenvalue weighted by molar-refractivity contribution is 1.08. The minimum Gasteiger partial charge on any atom is -0.208 e. The molecule has 0 saturated carbocycles. The number of aromatic nitrogens is 3. The van der Waals surface area contributed by atoms with Crippen LogP contribution in [0.15, 0.2) is 109 Å². The van der Waals surface area contributed by atoms with Crippen LogP contribution in [0.3, 0.4) is 0 Å². The molecular weight excluding hydrogens is 402 g/mol. The van der Waals surface area contributed by atoms with Gasteiger partial charge >= 0.3 is 0 Å². The summed E-state index contributed by atoms with van der Waals surface area (Å²) in [6, 6.07) is 37.5. The molecule has 0 radical (unpaired) electrons. The fraction of sp³-hybridized carbons (Fsp3) is 0.0333. The molecule has 6 aromatic rings. The number of rotatable bonds is 3. The van der Waals surface area contributed by atoms with Gasteiger partial charge in [0, 0.05) is 16.7 Å². The fourth-order valence-corrected chi connectivity index (χ4v) is 4.33. The Labute approximate surface area is 192 Å². The number of aryl methyl sites for hydroxylation is 1. The van der Waals surface area contributed by atoms with Crippen molar-refractivity contribution < 1.29 is 0 Å². The maximum Gasteiger partial charge on any atom is 0.164 e. The number of hydrogen-bond donors (Lipinski definition) is 0. The third-order valence-corrected chi connectivity index (χ3v) is 5.96. The van der Waals surface area contributed by atoms with E-state index in [1.165, 1.54) is 21.7 Å². The van der Waals surface area contributed by atoms with Crippen molar-refractivity contribution >= 4 is 21.5 Å². The molecule has 0 bridgehead atoms. The van der Waals surface area contributed by atoms with Crippen LogP contribution < -0.4 is 0 Å². The van der Waals surface area contributed by atoms with E-state index in [-0.39, 0.29) is 0 Å². The zero-order valence-corrected chi connectivity index (χ0v) is 18.2. The molecule has 0 fully saturated rings. The van der Waals surface area contributed by atoms with Crippen LogP contribution >= 0.6 is 0 Å². The molecule has 1 heterocycles. The second kappa shape index (κ2) is 7.95. The summed E-state index contributed by atoms with van der Waals surface area (Å²) >= 11 is 0. The first-order valence-electron chi connectivity index (χ1n) is 11.1. The summed E-state index contributed by atoms with van der Waals surface area (Å²) in [6.07, 6.45) is 0. The molecule has 0 unspecified atom stereocenters. The standard InChI is InChI=1S/C30H21N3/c1-20-16-17-23-19-27(25-15-9-8-14-24(25)26(23)18-20)30-32-28(21-10-4-2-5-11-21)31-29(33-30)22-12-6-3-7-13-22/h2-19H,1H3. The van der Waals surface area contributed by atoms with Gasteiger partial charge in [0.2, 0.25) is 0 Å². The summed E-state index contributed by atoms with van der Waals surface area (Å²) in [4.78, 5) is 14.7. The average Bonchev–Trinajstić information content (AvgIpc) is 2.89. The van der Waals surface area contributed by atoms with Crippen LogP contribution in [0, 0.1) is 6.92 Å². The second-order valence-corrected chi connectivity index (χ2v) is 8.23. The van der Waals surface area contributed by atoms with Crippen LogP contribution in [0.1, 0.15) is 5.56 Å². The molecule has 0 spiro atoms. The molecule has 3 heteroatoms. The van der Waals surface area contributed by atoms with E-state index in [4.69, 9.17) is 15.0 Å². The highest BCUT2D eigenvalue weighted by Crippen LogP contribution is 2.35. The van der Waals surface area contributed by atoms with Crippen LogP contribution in [-0.4, -0.2) is 15.0 Å². The molecule has 6 rings (SSSR count). The minimum atomic E-state index is 0.674. The molecule has 5 aromatic carbocycles. The van der Waals surface area contributed by atoms with Gasteiger partial charge in [-0.3, -0.25) is 0 Å². The highest BCUT2D eigenvalue weighted by Gasteiger charge is 2.15. The van der Waals surface area contributed by atoms with Gasteiger partial charge in [-0.2, -0.15) is 0 Å². The van der Waals surface area contributed by atoms with Crippen molar-refractivity contribution in [2.24, 2.45) is 0 Å². The highest BCUT2D eigenvalue weighted by molar-refractivity contribution is 6.13. The van der Waals surface area contributed by atoms with Crippen LogP contribution in [-0.2, 0) is 0 Å². The second-order valence-electron chi connectivity index (χ2n) is 8.23. The van der Waals surface area contributed by atoms with Crippen LogP contribution in [0.2, 0.25) is 0 Å². The van der Waals surface area contributed by atoms with Crippen LogP contribution in [0.25, 0.3) is 55.7 Å². The van der Waals surface area contributed by atoms with Gasteiger partial charge in [-0.15, -0.1) is 0 Å². The predicted molar refractivity (Wildman–Crippen MR) is 136 cm³/mol. The summed E-state index contributed by atoms with van der Waals surface area (Å²) in [7, 11) is 0. The molecule has 0 aliphatic heterocycles. The SMILES string of the molecule is Cc1ccc2cc(-c3nc(-c4ccccc4)nc(-c4ccccc4)n3)c3ccccc3c2c1. The van der Waals surface area contributed by atoms with Gasteiger partial charge in [-0.25, -0.2) is 15.0 Å². The van der Waals surface area contributed by atoms with E-state index in [0.717, 1.165) is 22.1 Å². The quantitative estimate of drug-likeness (QED) is 0.277. The largest absolute Gasteiger partial charge is 0.208 e. The predicted octanol–water partition coefficient (Wildman–Crippen LogP) is 7.49. The van der Waals surface area contributed by atoms with Crippen LogP contribution in [0.5, 0.6) is 0 Å². The smallest absolute Gasteiger partial charge is 0.164 e. The number of hydrogen-bond acceptors (Lipinski definition) is 3. The Hall–Kier alpha value is -4.37. The Kier molecular flexibility index (Phi) is 4.66. The normalized spacial score (nSPS) is 11.2. The summed E-state index contributed by atoms with van der Waals surface area (Å²) in [5.41, 5.74) is 4.20. The Bertz CT molecular complexity index is 1550. The van der Waals surface area contributed by atoms with E-state index < -0.39 is 0 Å². The molecule has 3 nitrogen and oxygen atoms in total. The van der Waals surface area contributed by atoms with Crippen molar-refractivity contribution in [3.8, 4) is 34.2 Å². The molecule has 0 N–H and O–H groups in total. The zero-order valence-electron chi connectivity index (χ0n) is 18.2. The number of benzene rings is 5. The molecule has 0 amide bonds. The first-order chi connectivity index (χ1) is 16.3. The Morgan fingerprint density at radius 1 is 0.455 bits per heavy atom. The van der Waals surface area contributed by atoms with Crippen molar-refractivity contribution in [1.29, 1.82) is 0 Å². The van der Waals surface area contributed by atoms with E-state index in [1.807, 2.05) is 60.7 Å². The molecule has 0 saturated heterocycles. The van der Waals surface area contributed by atoms with E-state index in [0.29, 0.717) is 17.5 Å². The third kappa shape index (κ3) is 3.54. The number of nitrogens with zero attached hydrogens (tertiary/aromatic N) is 3. The van der Waals surface area contributed by atoms with Gasteiger partial charge in [0.05, 0.1) is 0 Å². The highest BCUT2D eigenvalue weighted by atomic mass is 15.0. The van der Waals surface area contributed by atoms with Gasteiger partial charge in [-0.1, -0.05) is 109 Å². The molecule has 1 aromatic heterocycles. The first kappa shape index (κ1) is 19.3. The summed E-state index contributed by atoms with van der Waals surface area (Å²) < 4.78 is 0. The minimum absolute atomic E-state index is 0.674. The third-order valence-electron chi connectivity index (χ3n) is 5.96. The lowest BCUT2D eigenvalue weighted by Crippen LogP contribution is -2.00. The van der Waals surface area contributed by atoms with Gasteiger partial charge < -0.3 is 0 Å². The molecule has 33 heavy (non-hydrogen) atoms. The summed E-state index contributed by atoms with van der Waals surface area (Å²) in [6.45, 7) is 2.13. The lowest BCUT2D eigenvalue weighted by atomic mass is 9.95. The molecule has 0 atom stereocenters. The van der Waals surface area contributed by atoms with Gasteiger partial charge in [0.1, 0.15) is 0 Å². The fourth-order valence-electron chi connectivity index (χ4n) is 4.33. The van der Waals surface area contributed by atoms with E-state index in [2.05, 4.69) is 55.5 Å². The van der Waals surface area contributed by atoms with E-state index >= 15 is 0 Å².